The summed E-state index contributed by atoms with van der Waals surface area (Å²) in [7, 11) is 0. The molecular formula is H3AlHfOZr. The topological polar surface area (TPSA) is 17.1 Å². The zero-order valence-corrected chi connectivity index (χ0v) is 7.46. The van der Waals surface area contributed by atoms with Gasteiger partial charge in [0.25, 0.3) is 0 Å². The summed E-state index contributed by atoms with van der Waals surface area (Å²) in [5, 5.41) is 0. The minimum absolute atomic E-state index is 0. The molecule has 0 saturated heterocycles. The van der Waals surface area contributed by atoms with Crippen molar-refractivity contribution in [1.29, 1.82) is 0 Å². The second-order valence-electron chi connectivity index (χ2n) is 0. The molecule has 0 radical (unpaired) electrons. The summed E-state index contributed by atoms with van der Waals surface area (Å²) >= 11 is 0.300. The van der Waals surface area contributed by atoms with Crippen LogP contribution in [0.3, 0.4) is 0 Å². The minimum atomic E-state index is 0. The van der Waals surface area contributed by atoms with Gasteiger partial charge in [-0.05, 0) is 0 Å². The molecule has 0 unspecified atom stereocenters. The zero-order valence-electron chi connectivity index (χ0n) is 1.41. The summed E-state index contributed by atoms with van der Waals surface area (Å²) in [4.78, 5) is 0. The predicted octanol–water partition coefficient (Wildman–Crippen LogP) is -1.31. The fraction of sp³-hybridized carbons (Fsp3) is 0. The average molecular weight is 316 g/mol. The van der Waals surface area contributed by atoms with Gasteiger partial charge in [-0.1, -0.05) is 0 Å². The first kappa shape index (κ1) is 16.5. The molecule has 1 nitrogen and oxygen atoms in total. The Kier molecular flexibility index (Phi) is 80.7. The maximum atomic E-state index is 8.34. The molecule has 0 aliphatic carbocycles. The molecule has 0 N–H and O–H groups in total. The molecule has 4 heteroatoms. The first-order valence-corrected chi connectivity index (χ1v) is 1.21. The summed E-state index contributed by atoms with van der Waals surface area (Å²) in [6, 6.07) is 0. The second kappa shape index (κ2) is 19.5. The average Bonchev–Trinajstić information content (AvgIpc) is 1.00. The van der Waals surface area contributed by atoms with Crippen LogP contribution in [0.1, 0.15) is 0 Å². The molecule has 0 fully saturated rings. The Morgan fingerprint density at radius 1 is 1.25 bits per heavy atom. The molecule has 0 aromatic heterocycles. The molecule has 0 aliphatic heterocycles. The van der Waals surface area contributed by atoms with Crippen molar-refractivity contribution in [2.24, 2.45) is 0 Å². The molecule has 0 aliphatic rings. The molecule has 0 aromatic rings. The van der Waals surface area contributed by atoms with Gasteiger partial charge in [0, 0.05) is 25.8 Å². The van der Waals surface area contributed by atoms with Crippen molar-refractivity contribution in [1.82, 2.24) is 0 Å². The van der Waals surface area contributed by atoms with Crippen molar-refractivity contribution in [2.75, 3.05) is 0 Å². The van der Waals surface area contributed by atoms with Crippen LogP contribution in [0.2, 0.25) is 0 Å². The fourth-order valence-corrected chi connectivity index (χ4v) is 0. The summed E-state index contributed by atoms with van der Waals surface area (Å²) < 4.78 is 8.34. The van der Waals surface area contributed by atoms with Crippen LogP contribution in [0.15, 0.2) is 0 Å². The van der Waals surface area contributed by atoms with Crippen LogP contribution in [0.25, 0.3) is 0 Å². The predicted molar refractivity (Wildman–Crippen MR) is 10.6 cm³/mol. The van der Waals surface area contributed by atoms with Crippen LogP contribution in [0.5, 0.6) is 0 Å². The molecule has 4 heavy (non-hydrogen) atoms. The second-order valence-corrected chi connectivity index (χ2v) is 0. The molecule has 0 rings (SSSR count). The van der Waals surface area contributed by atoms with Gasteiger partial charge in [-0.15, -0.1) is 0 Å². The molecule has 0 bridgehead atoms. The number of hydrogen-bond donors (Lipinski definition) is 0. The first-order chi connectivity index (χ1) is 1.00. The van der Waals surface area contributed by atoms with Gasteiger partial charge in [-0.25, -0.2) is 0 Å². The molecular weight excluding hydrogens is 313 g/mol. The molecule has 0 saturated carbocycles. The Hall–Kier alpha value is 2.09. The number of rotatable bonds is 0. The van der Waals surface area contributed by atoms with Gasteiger partial charge >= 0.3 is 27.5 Å². The van der Waals surface area contributed by atoms with E-state index in [1.165, 1.54) is 0 Å². The molecule has 0 aromatic carbocycles. The summed E-state index contributed by atoms with van der Waals surface area (Å²) in [5.74, 6) is 0. The van der Waals surface area contributed by atoms with Crippen molar-refractivity contribution in [2.45, 2.75) is 0 Å². The van der Waals surface area contributed by atoms with Gasteiger partial charge in [0.05, 0.1) is 0 Å². The Balaban J connectivity index is -0.00000000500. The van der Waals surface area contributed by atoms with Gasteiger partial charge in [-0.3, -0.25) is 0 Å². The Morgan fingerprint density at radius 2 is 1.25 bits per heavy atom. The van der Waals surface area contributed by atoms with Crippen molar-refractivity contribution in [3.63, 3.8) is 0 Å². The third kappa shape index (κ3) is 8.94. The van der Waals surface area contributed by atoms with E-state index in [0.717, 1.165) is 0 Å². The van der Waals surface area contributed by atoms with Gasteiger partial charge in [-0.2, -0.15) is 0 Å². The van der Waals surface area contributed by atoms with Crippen molar-refractivity contribution >= 4 is 17.4 Å². The normalized spacial score (nSPS) is 0.750. The maximum absolute atomic E-state index is 8.34. The standard InChI is InChI=1S/Al.Hf.O.Zr.3H. The molecule has 0 atom stereocenters. The van der Waals surface area contributed by atoms with E-state index in [1.54, 1.807) is 0 Å². The first-order valence-electron chi connectivity index (χ1n) is 0.204. The van der Waals surface area contributed by atoms with Crippen molar-refractivity contribution in [3.05, 3.63) is 0 Å². The zero-order chi connectivity index (χ0) is 2.00. The Bertz CT molecular complexity index is 8.00. The SMILES string of the molecule is [AlH3].[Hf].[O]=[Zr]. The molecule has 20 valence electrons. The van der Waals surface area contributed by atoms with E-state index in [0.29, 0.717) is 24.7 Å². The molecule has 0 amide bonds. The molecule has 0 heterocycles. The van der Waals surface area contributed by atoms with Crippen LogP contribution in [-0.4, -0.2) is 17.4 Å². The monoisotopic (exact) mass is 316 g/mol. The van der Waals surface area contributed by atoms with Crippen LogP contribution in [0.4, 0.5) is 0 Å². The van der Waals surface area contributed by atoms with Crippen LogP contribution in [0, 0.1) is 0 Å². The van der Waals surface area contributed by atoms with Crippen molar-refractivity contribution in [3.8, 4) is 0 Å². The van der Waals surface area contributed by atoms with E-state index < -0.39 is 0 Å². The van der Waals surface area contributed by atoms with E-state index in [1.807, 2.05) is 0 Å². The summed E-state index contributed by atoms with van der Waals surface area (Å²) in [6.45, 7) is 0. The Morgan fingerprint density at radius 3 is 1.25 bits per heavy atom. The van der Waals surface area contributed by atoms with E-state index >= 15 is 0 Å². The summed E-state index contributed by atoms with van der Waals surface area (Å²) in [6.07, 6.45) is 0. The summed E-state index contributed by atoms with van der Waals surface area (Å²) in [5.41, 5.74) is 0. The van der Waals surface area contributed by atoms with Crippen LogP contribution < -0.4 is 0 Å². The van der Waals surface area contributed by atoms with Gasteiger partial charge < -0.3 is 0 Å². The van der Waals surface area contributed by atoms with Gasteiger partial charge in [0.2, 0.25) is 0 Å². The van der Waals surface area contributed by atoms with Gasteiger partial charge in [0.15, 0.2) is 17.4 Å². The molecule has 0 spiro atoms. The quantitative estimate of drug-likeness (QED) is 0.508. The Labute approximate surface area is 69.7 Å². The van der Waals surface area contributed by atoms with E-state index in [-0.39, 0.29) is 43.2 Å². The van der Waals surface area contributed by atoms with Crippen molar-refractivity contribution < 1.29 is 53.4 Å². The van der Waals surface area contributed by atoms with Crippen LogP contribution >= 0.6 is 0 Å². The fourth-order valence-electron chi connectivity index (χ4n) is 0. The third-order valence-electron chi connectivity index (χ3n) is 0. The third-order valence-corrected chi connectivity index (χ3v) is 0. The van der Waals surface area contributed by atoms with E-state index in [4.69, 9.17) is 2.81 Å². The number of hydrogen-bond acceptors (Lipinski definition) is 1. The van der Waals surface area contributed by atoms with E-state index in [2.05, 4.69) is 0 Å². The van der Waals surface area contributed by atoms with Crippen LogP contribution in [-0.2, 0) is 53.4 Å². The van der Waals surface area contributed by atoms with E-state index in [9.17, 15) is 0 Å². The van der Waals surface area contributed by atoms with Gasteiger partial charge in [0.1, 0.15) is 0 Å².